The highest BCUT2D eigenvalue weighted by Crippen LogP contribution is 2.22. The van der Waals surface area contributed by atoms with E-state index >= 15 is 0 Å². The molecule has 0 unspecified atom stereocenters. The van der Waals surface area contributed by atoms with Gasteiger partial charge in [0, 0.05) is 24.1 Å². The molecule has 2 aromatic carbocycles. The molecule has 1 aromatic heterocycles. The number of nitrogens with one attached hydrogen (secondary N) is 1. The average Bonchev–Trinajstić information content (AvgIpc) is 3.06. The van der Waals surface area contributed by atoms with Gasteiger partial charge in [-0.1, -0.05) is 30.3 Å². The first-order valence-electron chi connectivity index (χ1n) is 8.29. The van der Waals surface area contributed by atoms with E-state index in [9.17, 15) is 4.79 Å². The van der Waals surface area contributed by atoms with Gasteiger partial charge in [0.1, 0.15) is 0 Å². The Hall–Kier alpha value is -2.95. The SMILES string of the molecule is Cc1ccccc1-c1nnc(CCC(=O)Nc2cccc(C)c2C)o1. The summed E-state index contributed by atoms with van der Waals surface area (Å²) >= 11 is 0. The summed E-state index contributed by atoms with van der Waals surface area (Å²) < 4.78 is 5.69. The second-order valence-corrected chi connectivity index (χ2v) is 6.11. The lowest BCUT2D eigenvalue weighted by Crippen LogP contribution is -2.13. The minimum Gasteiger partial charge on any atom is -0.421 e. The van der Waals surface area contributed by atoms with E-state index in [2.05, 4.69) is 15.5 Å². The lowest BCUT2D eigenvalue weighted by atomic mass is 10.1. The molecule has 1 N–H and O–H groups in total. The van der Waals surface area contributed by atoms with Gasteiger partial charge in [-0.25, -0.2) is 0 Å². The third kappa shape index (κ3) is 3.94. The smallest absolute Gasteiger partial charge is 0.247 e. The van der Waals surface area contributed by atoms with Crippen LogP contribution in [0.25, 0.3) is 11.5 Å². The number of amides is 1. The fourth-order valence-electron chi connectivity index (χ4n) is 2.60. The molecule has 0 saturated carbocycles. The van der Waals surface area contributed by atoms with Crippen LogP contribution in [-0.4, -0.2) is 16.1 Å². The summed E-state index contributed by atoms with van der Waals surface area (Å²) in [5.74, 6) is 0.891. The van der Waals surface area contributed by atoms with Gasteiger partial charge in [-0.05, 0) is 49.6 Å². The Bertz CT molecular complexity index is 899. The van der Waals surface area contributed by atoms with E-state index in [1.807, 2.05) is 63.2 Å². The number of aryl methyl sites for hydroxylation is 3. The van der Waals surface area contributed by atoms with Crippen molar-refractivity contribution in [3.05, 3.63) is 65.0 Å². The highest BCUT2D eigenvalue weighted by molar-refractivity contribution is 5.91. The third-order valence-electron chi connectivity index (χ3n) is 4.29. The molecule has 0 aliphatic carbocycles. The Morgan fingerprint density at radius 3 is 2.56 bits per heavy atom. The minimum atomic E-state index is -0.0654. The van der Waals surface area contributed by atoms with Crippen LogP contribution in [0, 0.1) is 20.8 Å². The lowest BCUT2D eigenvalue weighted by Gasteiger charge is -2.09. The average molecular weight is 335 g/mol. The van der Waals surface area contributed by atoms with Crippen LogP contribution in [0.4, 0.5) is 5.69 Å². The molecule has 0 radical (unpaired) electrons. The van der Waals surface area contributed by atoms with Crippen LogP contribution in [0.5, 0.6) is 0 Å². The Morgan fingerprint density at radius 2 is 1.76 bits per heavy atom. The Kier molecular flexibility index (Phi) is 4.93. The van der Waals surface area contributed by atoms with Crippen LogP contribution in [0.3, 0.4) is 0 Å². The molecule has 0 bridgehead atoms. The lowest BCUT2D eigenvalue weighted by molar-refractivity contribution is -0.116. The molecule has 1 amide bonds. The molecule has 3 rings (SSSR count). The van der Waals surface area contributed by atoms with Gasteiger partial charge in [-0.2, -0.15) is 0 Å². The second kappa shape index (κ2) is 7.30. The van der Waals surface area contributed by atoms with Gasteiger partial charge in [-0.3, -0.25) is 4.79 Å². The van der Waals surface area contributed by atoms with Crippen LogP contribution in [0.15, 0.2) is 46.9 Å². The first-order valence-corrected chi connectivity index (χ1v) is 8.29. The zero-order chi connectivity index (χ0) is 17.8. The summed E-state index contributed by atoms with van der Waals surface area (Å²) in [6, 6.07) is 13.7. The van der Waals surface area contributed by atoms with E-state index in [-0.39, 0.29) is 5.91 Å². The number of hydrogen-bond donors (Lipinski definition) is 1. The molecule has 128 valence electrons. The molecule has 5 heteroatoms. The summed E-state index contributed by atoms with van der Waals surface area (Å²) in [6.45, 7) is 6.02. The van der Waals surface area contributed by atoms with Gasteiger partial charge in [-0.15, -0.1) is 10.2 Å². The molecule has 1 heterocycles. The molecule has 0 spiro atoms. The van der Waals surface area contributed by atoms with E-state index in [0.717, 1.165) is 27.9 Å². The molecular weight excluding hydrogens is 314 g/mol. The molecule has 3 aromatic rings. The Labute approximate surface area is 147 Å². The molecule has 0 aliphatic rings. The van der Waals surface area contributed by atoms with Gasteiger partial charge in [0.25, 0.3) is 0 Å². The quantitative estimate of drug-likeness (QED) is 0.757. The predicted molar refractivity (Wildman–Crippen MR) is 97.3 cm³/mol. The molecule has 0 saturated heterocycles. The number of carbonyl (C=O) groups is 1. The minimum absolute atomic E-state index is 0.0654. The highest BCUT2D eigenvalue weighted by atomic mass is 16.4. The van der Waals surface area contributed by atoms with Crippen molar-refractivity contribution in [2.45, 2.75) is 33.6 Å². The van der Waals surface area contributed by atoms with Crippen LogP contribution < -0.4 is 5.32 Å². The fourth-order valence-corrected chi connectivity index (χ4v) is 2.60. The van der Waals surface area contributed by atoms with E-state index in [1.54, 1.807) is 0 Å². The van der Waals surface area contributed by atoms with Crippen molar-refractivity contribution in [3.63, 3.8) is 0 Å². The molecule has 0 atom stereocenters. The zero-order valence-electron chi connectivity index (χ0n) is 14.7. The monoisotopic (exact) mass is 335 g/mol. The normalized spacial score (nSPS) is 10.7. The van der Waals surface area contributed by atoms with Gasteiger partial charge in [0.15, 0.2) is 0 Å². The third-order valence-corrected chi connectivity index (χ3v) is 4.29. The van der Waals surface area contributed by atoms with Crippen molar-refractivity contribution >= 4 is 11.6 Å². The second-order valence-electron chi connectivity index (χ2n) is 6.11. The number of nitrogens with zero attached hydrogens (tertiary/aromatic N) is 2. The standard InChI is InChI=1S/C20H21N3O2/c1-13-8-6-10-17(15(13)3)21-18(24)11-12-19-22-23-20(25-19)16-9-5-4-7-14(16)2/h4-10H,11-12H2,1-3H3,(H,21,24). The predicted octanol–water partition coefficient (Wildman–Crippen LogP) is 4.23. The van der Waals surface area contributed by atoms with Gasteiger partial charge < -0.3 is 9.73 Å². The molecule has 0 fully saturated rings. The first-order chi connectivity index (χ1) is 12.0. The molecular formula is C20H21N3O2. The maximum atomic E-state index is 12.2. The maximum Gasteiger partial charge on any atom is 0.247 e. The van der Waals surface area contributed by atoms with Crippen molar-refractivity contribution < 1.29 is 9.21 Å². The largest absolute Gasteiger partial charge is 0.421 e. The van der Waals surface area contributed by atoms with E-state index < -0.39 is 0 Å². The maximum absolute atomic E-state index is 12.2. The number of carbonyl (C=O) groups excluding carboxylic acids is 1. The van der Waals surface area contributed by atoms with Crippen molar-refractivity contribution in [1.29, 1.82) is 0 Å². The van der Waals surface area contributed by atoms with Crippen molar-refractivity contribution in [3.8, 4) is 11.5 Å². The number of benzene rings is 2. The highest BCUT2D eigenvalue weighted by Gasteiger charge is 2.12. The summed E-state index contributed by atoms with van der Waals surface area (Å²) in [5.41, 5.74) is 5.07. The van der Waals surface area contributed by atoms with Crippen LogP contribution in [0.1, 0.15) is 29.0 Å². The number of aromatic nitrogens is 2. The van der Waals surface area contributed by atoms with Crippen LogP contribution in [0.2, 0.25) is 0 Å². The van der Waals surface area contributed by atoms with Crippen LogP contribution in [-0.2, 0) is 11.2 Å². The number of anilines is 1. The summed E-state index contributed by atoms with van der Waals surface area (Å²) in [4.78, 5) is 12.2. The number of rotatable bonds is 5. The Balaban J connectivity index is 1.62. The van der Waals surface area contributed by atoms with Crippen LogP contribution >= 0.6 is 0 Å². The van der Waals surface area contributed by atoms with E-state index in [0.29, 0.717) is 24.6 Å². The van der Waals surface area contributed by atoms with Gasteiger partial charge in [0.05, 0.1) is 0 Å². The first kappa shape index (κ1) is 16.9. The topological polar surface area (TPSA) is 68.0 Å². The molecule has 0 aliphatic heterocycles. The molecule has 5 nitrogen and oxygen atoms in total. The fraction of sp³-hybridized carbons (Fsp3) is 0.250. The van der Waals surface area contributed by atoms with Crippen molar-refractivity contribution in [1.82, 2.24) is 10.2 Å². The Morgan fingerprint density at radius 1 is 1.00 bits per heavy atom. The molecule has 25 heavy (non-hydrogen) atoms. The number of hydrogen-bond acceptors (Lipinski definition) is 4. The zero-order valence-corrected chi connectivity index (χ0v) is 14.7. The van der Waals surface area contributed by atoms with E-state index in [1.165, 1.54) is 0 Å². The van der Waals surface area contributed by atoms with Crippen molar-refractivity contribution in [2.24, 2.45) is 0 Å². The summed E-state index contributed by atoms with van der Waals surface area (Å²) in [5, 5.41) is 11.1. The van der Waals surface area contributed by atoms with Gasteiger partial charge in [0.2, 0.25) is 17.7 Å². The summed E-state index contributed by atoms with van der Waals surface area (Å²) in [6.07, 6.45) is 0.707. The van der Waals surface area contributed by atoms with Crippen molar-refractivity contribution in [2.75, 3.05) is 5.32 Å². The summed E-state index contributed by atoms with van der Waals surface area (Å²) in [7, 11) is 0. The van der Waals surface area contributed by atoms with Gasteiger partial charge >= 0.3 is 0 Å². The van der Waals surface area contributed by atoms with E-state index in [4.69, 9.17) is 4.42 Å².